The van der Waals surface area contributed by atoms with E-state index in [4.69, 9.17) is 0 Å². The molecule has 1 fully saturated rings. The van der Waals surface area contributed by atoms with Crippen molar-refractivity contribution < 1.29 is 4.79 Å². The fourth-order valence-electron chi connectivity index (χ4n) is 2.28. The highest BCUT2D eigenvalue weighted by molar-refractivity contribution is 5.76. The highest BCUT2D eigenvalue weighted by Gasteiger charge is 2.33. The zero-order valence-electron chi connectivity index (χ0n) is 10.7. The maximum Gasteiger partial charge on any atom is 0.222 e. The zero-order valence-corrected chi connectivity index (χ0v) is 10.7. The average molecular weight is 231 g/mol. The SMILES string of the molecule is CCC(=O)N(Cc1ccccc1)C(C)C1CC1. The molecular weight excluding hydrogens is 210 g/mol. The van der Waals surface area contributed by atoms with Gasteiger partial charge in [-0.25, -0.2) is 0 Å². The van der Waals surface area contributed by atoms with Crippen LogP contribution in [0.1, 0.15) is 38.7 Å². The second-order valence-corrected chi connectivity index (χ2v) is 4.94. The predicted molar refractivity (Wildman–Crippen MR) is 69.5 cm³/mol. The summed E-state index contributed by atoms with van der Waals surface area (Å²) in [5.41, 5.74) is 1.22. The van der Waals surface area contributed by atoms with Crippen molar-refractivity contribution in [2.75, 3.05) is 0 Å². The van der Waals surface area contributed by atoms with E-state index in [-0.39, 0.29) is 5.91 Å². The van der Waals surface area contributed by atoms with Crippen LogP contribution in [0.15, 0.2) is 30.3 Å². The molecular formula is C15H21NO. The zero-order chi connectivity index (χ0) is 12.3. The summed E-state index contributed by atoms with van der Waals surface area (Å²) in [5, 5.41) is 0. The standard InChI is InChI=1S/C15H21NO/c1-3-15(17)16(12(2)14-9-10-14)11-13-7-5-4-6-8-13/h4-8,12,14H,3,9-11H2,1-2H3. The van der Waals surface area contributed by atoms with Crippen LogP contribution in [-0.2, 0) is 11.3 Å². The Kier molecular flexibility index (Phi) is 3.82. The molecule has 0 spiro atoms. The van der Waals surface area contributed by atoms with Crippen molar-refractivity contribution in [1.29, 1.82) is 0 Å². The number of hydrogen-bond acceptors (Lipinski definition) is 1. The lowest BCUT2D eigenvalue weighted by atomic mass is 10.1. The Morgan fingerprint density at radius 2 is 2.00 bits per heavy atom. The van der Waals surface area contributed by atoms with Crippen molar-refractivity contribution in [2.45, 2.75) is 45.7 Å². The summed E-state index contributed by atoms with van der Waals surface area (Å²) >= 11 is 0. The number of amides is 1. The van der Waals surface area contributed by atoms with Gasteiger partial charge in [-0.3, -0.25) is 4.79 Å². The molecule has 2 rings (SSSR count). The van der Waals surface area contributed by atoms with Gasteiger partial charge in [0.15, 0.2) is 0 Å². The van der Waals surface area contributed by atoms with Crippen LogP contribution in [0.5, 0.6) is 0 Å². The Morgan fingerprint density at radius 1 is 1.35 bits per heavy atom. The van der Waals surface area contributed by atoms with Crippen LogP contribution in [0.3, 0.4) is 0 Å². The van der Waals surface area contributed by atoms with Gasteiger partial charge >= 0.3 is 0 Å². The number of carbonyl (C=O) groups is 1. The fourth-order valence-corrected chi connectivity index (χ4v) is 2.28. The van der Waals surface area contributed by atoms with Gasteiger partial charge in [-0.05, 0) is 31.2 Å². The molecule has 0 aromatic heterocycles. The Morgan fingerprint density at radius 3 is 2.53 bits per heavy atom. The van der Waals surface area contributed by atoms with E-state index in [1.54, 1.807) is 0 Å². The van der Waals surface area contributed by atoms with Crippen LogP contribution >= 0.6 is 0 Å². The third-order valence-electron chi connectivity index (χ3n) is 3.61. The summed E-state index contributed by atoms with van der Waals surface area (Å²) in [5.74, 6) is 1.00. The van der Waals surface area contributed by atoms with E-state index in [9.17, 15) is 4.79 Å². The molecule has 1 saturated carbocycles. The minimum atomic E-state index is 0.272. The Bertz CT molecular complexity index is 370. The van der Waals surface area contributed by atoms with Crippen LogP contribution in [-0.4, -0.2) is 16.8 Å². The van der Waals surface area contributed by atoms with Crippen LogP contribution < -0.4 is 0 Å². The normalized spacial score (nSPS) is 16.6. The van der Waals surface area contributed by atoms with Crippen molar-refractivity contribution in [2.24, 2.45) is 5.92 Å². The second-order valence-electron chi connectivity index (χ2n) is 4.94. The first-order valence-electron chi connectivity index (χ1n) is 6.55. The first kappa shape index (κ1) is 12.2. The highest BCUT2D eigenvalue weighted by Crippen LogP contribution is 2.35. The molecule has 0 bridgehead atoms. The van der Waals surface area contributed by atoms with E-state index in [0.717, 1.165) is 12.5 Å². The number of benzene rings is 1. The molecule has 0 saturated heterocycles. The van der Waals surface area contributed by atoms with Crippen molar-refractivity contribution in [3.63, 3.8) is 0 Å². The summed E-state index contributed by atoms with van der Waals surface area (Å²) < 4.78 is 0. The smallest absolute Gasteiger partial charge is 0.222 e. The van der Waals surface area contributed by atoms with E-state index in [1.807, 2.05) is 30.0 Å². The highest BCUT2D eigenvalue weighted by atomic mass is 16.2. The minimum absolute atomic E-state index is 0.272. The number of nitrogens with zero attached hydrogens (tertiary/aromatic N) is 1. The summed E-state index contributed by atoms with van der Waals surface area (Å²) in [6.07, 6.45) is 3.16. The van der Waals surface area contributed by atoms with E-state index >= 15 is 0 Å². The summed E-state index contributed by atoms with van der Waals surface area (Å²) in [6.45, 7) is 4.89. The van der Waals surface area contributed by atoms with Gasteiger partial charge in [0.1, 0.15) is 0 Å². The topological polar surface area (TPSA) is 20.3 Å². The lowest BCUT2D eigenvalue weighted by Crippen LogP contribution is -2.38. The number of hydrogen-bond donors (Lipinski definition) is 0. The maximum absolute atomic E-state index is 12.0. The van der Waals surface area contributed by atoms with Gasteiger partial charge in [0.05, 0.1) is 0 Å². The molecule has 1 aliphatic carbocycles. The molecule has 1 atom stereocenters. The van der Waals surface area contributed by atoms with Gasteiger partial charge in [0.25, 0.3) is 0 Å². The van der Waals surface area contributed by atoms with Gasteiger partial charge in [0, 0.05) is 19.0 Å². The first-order chi connectivity index (χ1) is 8.22. The van der Waals surface area contributed by atoms with E-state index in [1.165, 1.54) is 18.4 Å². The fraction of sp³-hybridized carbons (Fsp3) is 0.533. The lowest BCUT2D eigenvalue weighted by molar-refractivity contribution is -0.134. The van der Waals surface area contributed by atoms with Gasteiger partial charge in [-0.15, -0.1) is 0 Å². The van der Waals surface area contributed by atoms with Crippen LogP contribution in [0.4, 0.5) is 0 Å². The molecule has 17 heavy (non-hydrogen) atoms. The Hall–Kier alpha value is -1.31. The third kappa shape index (κ3) is 3.09. The Labute approximate surface area is 104 Å². The van der Waals surface area contributed by atoms with Crippen LogP contribution in [0, 0.1) is 5.92 Å². The van der Waals surface area contributed by atoms with E-state index < -0.39 is 0 Å². The third-order valence-corrected chi connectivity index (χ3v) is 3.61. The molecule has 2 nitrogen and oxygen atoms in total. The minimum Gasteiger partial charge on any atom is -0.335 e. The quantitative estimate of drug-likeness (QED) is 0.762. The molecule has 1 aromatic carbocycles. The second kappa shape index (κ2) is 5.35. The molecule has 2 heteroatoms. The monoisotopic (exact) mass is 231 g/mol. The molecule has 0 radical (unpaired) electrons. The van der Waals surface area contributed by atoms with Crippen LogP contribution in [0.25, 0.3) is 0 Å². The van der Waals surface area contributed by atoms with Crippen molar-refractivity contribution in [3.05, 3.63) is 35.9 Å². The summed E-state index contributed by atoms with van der Waals surface area (Å²) in [4.78, 5) is 14.1. The van der Waals surface area contributed by atoms with Gasteiger partial charge in [-0.1, -0.05) is 37.3 Å². The largest absolute Gasteiger partial charge is 0.335 e. The average Bonchev–Trinajstić information content (AvgIpc) is 3.20. The van der Waals surface area contributed by atoms with Gasteiger partial charge < -0.3 is 4.90 Å². The van der Waals surface area contributed by atoms with Gasteiger partial charge in [0.2, 0.25) is 5.91 Å². The molecule has 1 amide bonds. The number of carbonyl (C=O) groups excluding carboxylic acids is 1. The molecule has 92 valence electrons. The predicted octanol–water partition coefficient (Wildman–Crippen LogP) is 3.22. The van der Waals surface area contributed by atoms with Crippen molar-refractivity contribution >= 4 is 5.91 Å². The van der Waals surface area contributed by atoms with Crippen molar-refractivity contribution in [1.82, 2.24) is 4.90 Å². The first-order valence-corrected chi connectivity index (χ1v) is 6.55. The molecule has 0 heterocycles. The molecule has 1 aliphatic rings. The van der Waals surface area contributed by atoms with Crippen molar-refractivity contribution in [3.8, 4) is 0 Å². The summed E-state index contributed by atoms with van der Waals surface area (Å²) in [6, 6.07) is 10.7. The van der Waals surface area contributed by atoms with Crippen LogP contribution in [0.2, 0.25) is 0 Å². The molecule has 0 aliphatic heterocycles. The molecule has 0 N–H and O–H groups in total. The molecule has 1 aromatic rings. The Balaban J connectivity index is 2.07. The maximum atomic E-state index is 12.0. The van der Waals surface area contributed by atoms with Gasteiger partial charge in [-0.2, -0.15) is 0 Å². The van der Waals surface area contributed by atoms with E-state index in [2.05, 4.69) is 19.1 Å². The number of rotatable bonds is 5. The lowest BCUT2D eigenvalue weighted by Gasteiger charge is -2.29. The van der Waals surface area contributed by atoms with E-state index in [0.29, 0.717) is 12.5 Å². The molecule has 1 unspecified atom stereocenters. The summed E-state index contributed by atoms with van der Waals surface area (Å²) in [7, 11) is 0.